The van der Waals surface area contributed by atoms with Crippen molar-refractivity contribution in [2.24, 2.45) is 11.5 Å². The quantitative estimate of drug-likeness (QED) is 0.684. The third kappa shape index (κ3) is 1.77. The largest absolute Gasteiger partial charge is 0.375 e. The first-order valence-corrected chi connectivity index (χ1v) is 5.34. The molecule has 2 unspecified atom stereocenters. The fraction of sp³-hybridized carbons (Fsp3) is 0.900. The average Bonchev–Trinajstić information content (AvgIpc) is 2.42. The van der Waals surface area contributed by atoms with Gasteiger partial charge in [0, 0.05) is 6.42 Å². The number of nitrogens with two attached hydrogens (primary N) is 2. The second-order valence-corrected chi connectivity index (χ2v) is 4.57. The molecule has 2 rings (SSSR count). The van der Waals surface area contributed by atoms with Crippen molar-refractivity contribution in [3.05, 3.63) is 0 Å². The number of ether oxygens (including phenoxy) is 1. The Morgan fingerprint density at radius 3 is 2.43 bits per heavy atom. The molecule has 4 nitrogen and oxygen atoms in total. The monoisotopic (exact) mass is 198 g/mol. The van der Waals surface area contributed by atoms with Gasteiger partial charge >= 0.3 is 0 Å². The van der Waals surface area contributed by atoms with E-state index in [0.717, 1.165) is 19.3 Å². The molecule has 0 bridgehead atoms. The normalized spacial score (nSPS) is 38.2. The maximum absolute atomic E-state index is 11.1. The van der Waals surface area contributed by atoms with Gasteiger partial charge in [0.15, 0.2) is 0 Å². The second-order valence-electron chi connectivity index (χ2n) is 4.57. The van der Waals surface area contributed by atoms with Gasteiger partial charge in [0.25, 0.3) is 0 Å². The van der Waals surface area contributed by atoms with Crippen LogP contribution in [0.1, 0.15) is 38.5 Å². The highest BCUT2D eigenvalue weighted by atomic mass is 16.5. The SMILES string of the molecule is NC(=O)C1(N)CCC(OC2CCC2)C1. The first-order chi connectivity index (χ1) is 6.60. The van der Waals surface area contributed by atoms with Crippen molar-refractivity contribution >= 4 is 5.91 Å². The Morgan fingerprint density at radius 2 is 2.00 bits per heavy atom. The van der Waals surface area contributed by atoms with Gasteiger partial charge in [-0.1, -0.05) is 0 Å². The Labute approximate surface area is 84.0 Å². The summed E-state index contributed by atoms with van der Waals surface area (Å²) in [5, 5.41) is 0. The molecule has 80 valence electrons. The topological polar surface area (TPSA) is 78.3 Å². The first kappa shape index (κ1) is 9.93. The molecule has 14 heavy (non-hydrogen) atoms. The molecule has 4 heteroatoms. The Bertz CT molecular complexity index is 240. The van der Waals surface area contributed by atoms with E-state index in [0.29, 0.717) is 18.9 Å². The summed E-state index contributed by atoms with van der Waals surface area (Å²) >= 11 is 0. The molecule has 1 amide bonds. The van der Waals surface area contributed by atoms with Crippen LogP contribution in [0.2, 0.25) is 0 Å². The third-order valence-corrected chi connectivity index (χ3v) is 3.43. The molecule has 2 aliphatic rings. The van der Waals surface area contributed by atoms with Crippen LogP contribution in [-0.2, 0) is 9.53 Å². The van der Waals surface area contributed by atoms with Crippen LogP contribution in [0.4, 0.5) is 0 Å². The van der Waals surface area contributed by atoms with Crippen LogP contribution in [0.15, 0.2) is 0 Å². The van der Waals surface area contributed by atoms with Gasteiger partial charge in [-0.25, -0.2) is 0 Å². The van der Waals surface area contributed by atoms with E-state index in [4.69, 9.17) is 16.2 Å². The van der Waals surface area contributed by atoms with Crippen molar-refractivity contribution in [1.82, 2.24) is 0 Å². The molecular weight excluding hydrogens is 180 g/mol. The van der Waals surface area contributed by atoms with Gasteiger partial charge < -0.3 is 16.2 Å². The third-order valence-electron chi connectivity index (χ3n) is 3.43. The Kier molecular flexibility index (Phi) is 2.49. The Balaban J connectivity index is 1.84. The van der Waals surface area contributed by atoms with Crippen LogP contribution in [0.5, 0.6) is 0 Å². The molecule has 0 heterocycles. The summed E-state index contributed by atoms with van der Waals surface area (Å²) in [6.07, 6.45) is 6.28. The lowest BCUT2D eigenvalue weighted by Gasteiger charge is -2.29. The van der Waals surface area contributed by atoms with Crippen LogP contribution in [0.25, 0.3) is 0 Å². The second kappa shape index (κ2) is 3.51. The Morgan fingerprint density at radius 1 is 1.29 bits per heavy atom. The molecule has 0 spiro atoms. The molecule has 0 aromatic rings. The molecule has 0 radical (unpaired) electrons. The van der Waals surface area contributed by atoms with Gasteiger partial charge in [-0.15, -0.1) is 0 Å². The van der Waals surface area contributed by atoms with Crippen molar-refractivity contribution in [3.63, 3.8) is 0 Å². The summed E-state index contributed by atoms with van der Waals surface area (Å²) in [6, 6.07) is 0. The van der Waals surface area contributed by atoms with Crippen LogP contribution in [0.3, 0.4) is 0 Å². The number of hydrogen-bond donors (Lipinski definition) is 2. The van der Waals surface area contributed by atoms with Crippen LogP contribution in [-0.4, -0.2) is 23.7 Å². The van der Waals surface area contributed by atoms with Crippen molar-refractivity contribution in [3.8, 4) is 0 Å². The van der Waals surface area contributed by atoms with Gasteiger partial charge in [0.05, 0.1) is 17.7 Å². The molecule has 2 atom stereocenters. The van der Waals surface area contributed by atoms with E-state index >= 15 is 0 Å². The standard InChI is InChI=1S/C10H18N2O2/c11-9(13)10(12)5-4-8(6-10)14-7-2-1-3-7/h7-8H,1-6,12H2,(H2,11,13). The predicted octanol–water partition coefficient (Wildman–Crippen LogP) is 0.291. The van der Waals surface area contributed by atoms with Gasteiger partial charge in [0.2, 0.25) is 5.91 Å². The molecule has 2 aliphatic carbocycles. The van der Waals surface area contributed by atoms with E-state index in [1.165, 1.54) is 6.42 Å². The van der Waals surface area contributed by atoms with Crippen molar-refractivity contribution in [2.75, 3.05) is 0 Å². The minimum Gasteiger partial charge on any atom is -0.375 e. The van der Waals surface area contributed by atoms with E-state index in [9.17, 15) is 4.79 Å². The lowest BCUT2D eigenvalue weighted by Crippen LogP contribution is -2.50. The fourth-order valence-corrected chi connectivity index (χ4v) is 2.15. The van der Waals surface area contributed by atoms with Crippen LogP contribution in [0, 0.1) is 0 Å². The van der Waals surface area contributed by atoms with Crippen molar-refractivity contribution in [2.45, 2.75) is 56.3 Å². The van der Waals surface area contributed by atoms with Gasteiger partial charge in [0.1, 0.15) is 0 Å². The van der Waals surface area contributed by atoms with Crippen LogP contribution >= 0.6 is 0 Å². The number of carbonyl (C=O) groups is 1. The zero-order valence-electron chi connectivity index (χ0n) is 8.37. The summed E-state index contributed by atoms with van der Waals surface area (Å²) < 4.78 is 5.81. The molecule has 0 aromatic heterocycles. The first-order valence-electron chi connectivity index (χ1n) is 5.34. The lowest BCUT2D eigenvalue weighted by atomic mass is 9.95. The molecule has 0 saturated heterocycles. The number of amides is 1. The lowest BCUT2D eigenvalue weighted by molar-refractivity contribution is -0.123. The highest BCUT2D eigenvalue weighted by Crippen LogP contribution is 2.33. The van der Waals surface area contributed by atoms with Gasteiger partial charge in [-0.05, 0) is 32.1 Å². The maximum Gasteiger partial charge on any atom is 0.237 e. The van der Waals surface area contributed by atoms with E-state index in [-0.39, 0.29) is 6.10 Å². The predicted molar refractivity (Wildman–Crippen MR) is 52.5 cm³/mol. The summed E-state index contributed by atoms with van der Waals surface area (Å²) in [7, 11) is 0. The van der Waals surface area contributed by atoms with E-state index in [1.54, 1.807) is 0 Å². The van der Waals surface area contributed by atoms with Gasteiger partial charge in [-0.2, -0.15) is 0 Å². The summed E-state index contributed by atoms with van der Waals surface area (Å²) in [5.74, 6) is -0.391. The minimum absolute atomic E-state index is 0.151. The summed E-state index contributed by atoms with van der Waals surface area (Å²) in [4.78, 5) is 11.1. The highest BCUT2D eigenvalue weighted by Gasteiger charge is 2.42. The molecule has 2 saturated carbocycles. The Hall–Kier alpha value is -0.610. The summed E-state index contributed by atoms with van der Waals surface area (Å²) in [5.41, 5.74) is 10.3. The number of rotatable bonds is 3. The molecular formula is C10H18N2O2. The van der Waals surface area contributed by atoms with Crippen molar-refractivity contribution in [1.29, 1.82) is 0 Å². The van der Waals surface area contributed by atoms with Crippen LogP contribution < -0.4 is 11.5 Å². The molecule has 2 fully saturated rings. The molecule has 0 aromatic carbocycles. The summed E-state index contributed by atoms with van der Waals surface area (Å²) in [6.45, 7) is 0. The van der Waals surface area contributed by atoms with E-state index < -0.39 is 11.4 Å². The van der Waals surface area contributed by atoms with E-state index in [2.05, 4.69) is 0 Å². The minimum atomic E-state index is -0.811. The maximum atomic E-state index is 11.1. The zero-order chi connectivity index (χ0) is 10.2. The van der Waals surface area contributed by atoms with E-state index in [1.807, 2.05) is 0 Å². The van der Waals surface area contributed by atoms with Gasteiger partial charge in [-0.3, -0.25) is 4.79 Å². The van der Waals surface area contributed by atoms with Crippen molar-refractivity contribution < 1.29 is 9.53 Å². The molecule has 0 aliphatic heterocycles. The number of primary amides is 1. The fourth-order valence-electron chi connectivity index (χ4n) is 2.15. The smallest absolute Gasteiger partial charge is 0.237 e. The number of hydrogen-bond acceptors (Lipinski definition) is 3. The highest BCUT2D eigenvalue weighted by molar-refractivity contribution is 5.84. The molecule has 4 N–H and O–H groups in total. The number of carbonyl (C=O) groups excluding carboxylic acids is 1. The zero-order valence-corrected chi connectivity index (χ0v) is 8.37. The average molecular weight is 198 g/mol.